The second-order valence-corrected chi connectivity index (χ2v) is 4.55. The Kier molecular flexibility index (Phi) is 3.58. The summed E-state index contributed by atoms with van der Waals surface area (Å²) in [6.07, 6.45) is 0. The molecule has 0 atom stereocenters. The molecule has 0 radical (unpaired) electrons. The van der Waals surface area contributed by atoms with Crippen LogP contribution in [0.5, 0.6) is 0 Å². The average Bonchev–Trinajstić information content (AvgIpc) is 2.36. The van der Waals surface area contributed by atoms with Crippen molar-refractivity contribution in [2.45, 2.75) is 9.79 Å². The van der Waals surface area contributed by atoms with Gasteiger partial charge in [0, 0.05) is 9.79 Å². The Hall–Kier alpha value is -1.93. The molecule has 5 heteroatoms. The molecule has 0 N–H and O–H groups in total. The van der Waals surface area contributed by atoms with Gasteiger partial charge in [0.15, 0.2) is 11.6 Å². The second-order valence-electron chi connectivity index (χ2n) is 3.43. The Morgan fingerprint density at radius 3 is 2.39 bits per heavy atom. The van der Waals surface area contributed by atoms with Crippen molar-refractivity contribution in [2.75, 3.05) is 0 Å². The van der Waals surface area contributed by atoms with Crippen molar-refractivity contribution in [3.8, 4) is 6.07 Å². The minimum Gasteiger partial charge on any atom is -0.207 e. The quantitative estimate of drug-likeness (QED) is 0.815. The number of benzene rings is 2. The van der Waals surface area contributed by atoms with Gasteiger partial charge in [-0.05, 0) is 36.4 Å². The fourth-order valence-electron chi connectivity index (χ4n) is 1.35. The third kappa shape index (κ3) is 2.66. The highest BCUT2D eigenvalue weighted by Gasteiger charge is 2.08. The van der Waals surface area contributed by atoms with Gasteiger partial charge in [-0.25, -0.2) is 13.2 Å². The highest BCUT2D eigenvalue weighted by Crippen LogP contribution is 2.31. The van der Waals surface area contributed by atoms with Crippen LogP contribution in [0, 0.1) is 28.8 Å². The highest BCUT2D eigenvalue weighted by atomic mass is 32.2. The molecule has 2 aromatic rings. The van der Waals surface area contributed by atoms with E-state index in [1.54, 1.807) is 0 Å². The highest BCUT2D eigenvalue weighted by molar-refractivity contribution is 7.99. The van der Waals surface area contributed by atoms with E-state index in [1.807, 2.05) is 6.07 Å². The van der Waals surface area contributed by atoms with Crippen LogP contribution in [0.15, 0.2) is 46.2 Å². The lowest BCUT2D eigenvalue weighted by Gasteiger charge is -2.04. The Morgan fingerprint density at radius 2 is 1.72 bits per heavy atom. The van der Waals surface area contributed by atoms with E-state index in [0.717, 1.165) is 30.0 Å². The standard InChI is InChI=1S/C13H6F3NS/c14-9-1-4-13(8(5-9)7-17)18-10-2-3-11(15)12(16)6-10/h1-6H. The van der Waals surface area contributed by atoms with Gasteiger partial charge in [-0.3, -0.25) is 0 Å². The maximum atomic E-state index is 13.0. The monoisotopic (exact) mass is 265 g/mol. The number of nitriles is 1. The smallest absolute Gasteiger partial charge is 0.159 e. The third-order valence-electron chi connectivity index (χ3n) is 2.18. The van der Waals surface area contributed by atoms with Crippen molar-refractivity contribution in [2.24, 2.45) is 0 Å². The van der Waals surface area contributed by atoms with Crippen molar-refractivity contribution in [3.63, 3.8) is 0 Å². The second kappa shape index (κ2) is 5.15. The lowest BCUT2D eigenvalue weighted by molar-refractivity contribution is 0.506. The molecule has 1 nitrogen and oxygen atoms in total. The zero-order valence-corrected chi connectivity index (χ0v) is 9.77. The van der Waals surface area contributed by atoms with E-state index in [1.165, 1.54) is 18.2 Å². The molecule has 18 heavy (non-hydrogen) atoms. The van der Waals surface area contributed by atoms with E-state index < -0.39 is 17.5 Å². The van der Waals surface area contributed by atoms with E-state index in [4.69, 9.17) is 5.26 Å². The van der Waals surface area contributed by atoms with Crippen molar-refractivity contribution < 1.29 is 13.2 Å². The van der Waals surface area contributed by atoms with Crippen molar-refractivity contribution in [1.82, 2.24) is 0 Å². The Bertz CT molecular complexity index is 635. The molecular weight excluding hydrogens is 259 g/mol. The van der Waals surface area contributed by atoms with Crippen LogP contribution in [0.25, 0.3) is 0 Å². The molecule has 0 aliphatic heterocycles. The molecule has 2 aromatic carbocycles. The Balaban J connectivity index is 2.34. The molecule has 0 unspecified atom stereocenters. The number of rotatable bonds is 2. The molecule has 0 aliphatic rings. The SMILES string of the molecule is N#Cc1cc(F)ccc1Sc1ccc(F)c(F)c1. The molecule has 0 aliphatic carbocycles. The molecule has 0 aromatic heterocycles. The predicted molar refractivity (Wildman–Crippen MR) is 61.6 cm³/mol. The zero-order valence-electron chi connectivity index (χ0n) is 8.95. The zero-order chi connectivity index (χ0) is 13.1. The third-order valence-corrected chi connectivity index (χ3v) is 3.25. The first-order valence-corrected chi connectivity index (χ1v) is 5.74. The first-order valence-electron chi connectivity index (χ1n) is 4.92. The summed E-state index contributed by atoms with van der Waals surface area (Å²) in [6, 6.07) is 9.03. The molecule has 0 bridgehead atoms. The van der Waals surface area contributed by atoms with Crippen molar-refractivity contribution in [1.29, 1.82) is 5.26 Å². The van der Waals surface area contributed by atoms with Crippen LogP contribution < -0.4 is 0 Å². The number of hydrogen-bond donors (Lipinski definition) is 0. The van der Waals surface area contributed by atoms with Gasteiger partial charge in [0.05, 0.1) is 5.56 Å². The number of nitrogens with zero attached hydrogens (tertiary/aromatic N) is 1. The Morgan fingerprint density at radius 1 is 0.944 bits per heavy atom. The largest absolute Gasteiger partial charge is 0.207 e. The van der Waals surface area contributed by atoms with E-state index in [2.05, 4.69) is 0 Å². The maximum Gasteiger partial charge on any atom is 0.159 e. The number of halogens is 3. The molecular formula is C13H6F3NS. The fourth-order valence-corrected chi connectivity index (χ4v) is 2.25. The summed E-state index contributed by atoms with van der Waals surface area (Å²) in [7, 11) is 0. The predicted octanol–water partition coefficient (Wildman–Crippen LogP) is 4.13. The summed E-state index contributed by atoms with van der Waals surface area (Å²) in [5, 5.41) is 8.86. The van der Waals surface area contributed by atoms with E-state index >= 15 is 0 Å². The lowest BCUT2D eigenvalue weighted by Crippen LogP contribution is -1.86. The van der Waals surface area contributed by atoms with Gasteiger partial charge >= 0.3 is 0 Å². The summed E-state index contributed by atoms with van der Waals surface area (Å²) < 4.78 is 38.7. The average molecular weight is 265 g/mol. The molecule has 0 saturated carbocycles. The van der Waals surface area contributed by atoms with Crippen LogP contribution in [0.3, 0.4) is 0 Å². The fraction of sp³-hybridized carbons (Fsp3) is 0. The lowest BCUT2D eigenvalue weighted by atomic mass is 10.2. The minimum absolute atomic E-state index is 0.157. The van der Waals surface area contributed by atoms with Crippen LogP contribution >= 0.6 is 11.8 Å². The summed E-state index contributed by atoms with van der Waals surface area (Å²) >= 11 is 1.07. The van der Waals surface area contributed by atoms with Gasteiger partial charge in [-0.15, -0.1) is 0 Å². The molecule has 0 saturated heterocycles. The molecule has 90 valence electrons. The van der Waals surface area contributed by atoms with Crippen LogP contribution in [0.1, 0.15) is 5.56 Å². The molecule has 0 heterocycles. The number of hydrogen-bond acceptors (Lipinski definition) is 2. The van der Waals surface area contributed by atoms with Gasteiger partial charge in [-0.1, -0.05) is 11.8 Å². The molecule has 0 fully saturated rings. The van der Waals surface area contributed by atoms with Crippen molar-refractivity contribution >= 4 is 11.8 Å². The van der Waals surface area contributed by atoms with E-state index in [9.17, 15) is 13.2 Å². The molecule has 2 rings (SSSR count). The van der Waals surface area contributed by atoms with Gasteiger partial charge in [0.1, 0.15) is 11.9 Å². The van der Waals surface area contributed by atoms with Crippen LogP contribution in [-0.4, -0.2) is 0 Å². The van der Waals surface area contributed by atoms with Crippen molar-refractivity contribution in [3.05, 3.63) is 59.4 Å². The summed E-state index contributed by atoms with van der Waals surface area (Å²) in [5.74, 6) is -2.40. The minimum atomic E-state index is -0.958. The van der Waals surface area contributed by atoms with Gasteiger partial charge < -0.3 is 0 Å². The van der Waals surface area contributed by atoms with E-state index in [-0.39, 0.29) is 5.56 Å². The summed E-state index contributed by atoms with van der Waals surface area (Å²) in [5.41, 5.74) is 0.157. The topological polar surface area (TPSA) is 23.8 Å². The van der Waals surface area contributed by atoms with Gasteiger partial charge in [-0.2, -0.15) is 5.26 Å². The van der Waals surface area contributed by atoms with Crippen LogP contribution in [0.2, 0.25) is 0 Å². The van der Waals surface area contributed by atoms with E-state index in [0.29, 0.717) is 9.79 Å². The normalized spacial score (nSPS) is 10.1. The van der Waals surface area contributed by atoms with Gasteiger partial charge in [0.25, 0.3) is 0 Å². The van der Waals surface area contributed by atoms with Crippen LogP contribution in [-0.2, 0) is 0 Å². The summed E-state index contributed by atoms with van der Waals surface area (Å²) in [6.45, 7) is 0. The molecule has 0 amide bonds. The van der Waals surface area contributed by atoms with Gasteiger partial charge in [0.2, 0.25) is 0 Å². The van der Waals surface area contributed by atoms with Crippen LogP contribution in [0.4, 0.5) is 13.2 Å². The first-order chi connectivity index (χ1) is 8.60. The summed E-state index contributed by atoms with van der Waals surface area (Å²) in [4.78, 5) is 0.932. The maximum absolute atomic E-state index is 13.0. The first kappa shape index (κ1) is 12.5. The Labute approximate surface area is 106 Å². The molecule has 0 spiro atoms.